The van der Waals surface area contributed by atoms with Crippen molar-refractivity contribution in [3.63, 3.8) is 0 Å². The number of aryl methyl sites for hydroxylation is 1. The van der Waals surface area contributed by atoms with Gasteiger partial charge in [-0.1, -0.05) is 0 Å². The van der Waals surface area contributed by atoms with Gasteiger partial charge in [0.1, 0.15) is 0 Å². The number of nitrogens with one attached hydrogen (secondary N) is 1. The van der Waals surface area contributed by atoms with E-state index in [2.05, 4.69) is 21.2 Å². The molecule has 100 valence electrons. The molecule has 6 heteroatoms. The Morgan fingerprint density at radius 3 is 2.74 bits per heavy atom. The van der Waals surface area contributed by atoms with Gasteiger partial charge in [-0.15, -0.1) is 11.3 Å². The smallest absolute Gasteiger partial charge is 0.265 e. The molecule has 2 aromatic rings. The van der Waals surface area contributed by atoms with Gasteiger partial charge < -0.3 is 10.1 Å². The molecule has 0 atom stereocenters. The van der Waals surface area contributed by atoms with Crippen LogP contribution in [0.2, 0.25) is 0 Å². The van der Waals surface area contributed by atoms with Crippen LogP contribution in [-0.2, 0) is 0 Å². The molecule has 1 N–H and O–H groups in total. The van der Waals surface area contributed by atoms with Gasteiger partial charge in [-0.05, 0) is 46.6 Å². The fraction of sp³-hybridized carbons (Fsp3) is 0.154. The van der Waals surface area contributed by atoms with Crippen molar-refractivity contribution in [2.24, 2.45) is 0 Å². The molecule has 3 nitrogen and oxygen atoms in total. The van der Waals surface area contributed by atoms with Crippen LogP contribution in [0.1, 0.15) is 15.2 Å². The van der Waals surface area contributed by atoms with Crippen LogP contribution in [0.5, 0.6) is 5.75 Å². The zero-order valence-electron chi connectivity index (χ0n) is 10.3. The van der Waals surface area contributed by atoms with Crippen molar-refractivity contribution in [1.82, 2.24) is 0 Å². The molecule has 1 aromatic carbocycles. The van der Waals surface area contributed by atoms with E-state index in [1.807, 2.05) is 6.92 Å². The summed E-state index contributed by atoms with van der Waals surface area (Å²) in [6, 6.07) is 5.99. The topological polar surface area (TPSA) is 38.3 Å². The number of rotatable bonds is 3. The van der Waals surface area contributed by atoms with Crippen LogP contribution < -0.4 is 10.1 Å². The lowest BCUT2D eigenvalue weighted by Gasteiger charge is -2.06. The number of anilines is 1. The Morgan fingerprint density at radius 2 is 2.16 bits per heavy atom. The molecule has 19 heavy (non-hydrogen) atoms. The van der Waals surface area contributed by atoms with Gasteiger partial charge in [0.05, 0.1) is 15.8 Å². The quantitative estimate of drug-likeness (QED) is 0.905. The molecular weight excluding hydrogens is 333 g/mol. The summed E-state index contributed by atoms with van der Waals surface area (Å²) in [6.07, 6.45) is 0. The Kier molecular flexibility index (Phi) is 4.21. The Bertz CT molecular complexity index is 608. The summed E-state index contributed by atoms with van der Waals surface area (Å²) in [5, 5.41) is 2.70. The van der Waals surface area contributed by atoms with Gasteiger partial charge in [0.25, 0.3) is 5.91 Å². The van der Waals surface area contributed by atoms with Gasteiger partial charge in [-0.2, -0.15) is 0 Å². The van der Waals surface area contributed by atoms with E-state index in [1.165, 1.54) is 36.6 Å². The molecule has 0 fully saturated rings. The van der Waals surface area contributed by atoms with E-state index in [-0.39, 0.29) is 11.7 Å². The molecule has 0 aliphatic heterocycles. The molecule has 0 saturated heterocycles. The number of halogens is 2. The summed E-state index contributed by atoms with van der Waals surface area (Å²) < 4.78 is 19.0. The number of methoxy groups -OCH3 is 1. The van der Waals surface area contributed by atoms with Gasteiger partial charge in [-0.25, -0.2) is 4.39 Å². The highest BCUT2D eigenvalue weighted by Gasteiger charge is 2.12. The van der Waals surface area contributed by atoms with Crippen molar-refractivity contribution in [2.75, 3.05) is 12.4 Å². The molecule has 1 aromatic heterocycles. The maximum Gasteiger partial charge on any atom is 0.265 e. The molecule has 0 aliphatic rings. The largest absolute Gasteiger partial charge is 0.494 e. The first-order valence-corrected chi connectivity index (χ1v) is 7.03. The molecule has 0 aliphatic carbocycles. The number of hydrogen-bond acceptors (Lipinski definition) is 3. The predicted molar refractivity (Wildman–Crippen MR) is 77.7 cm³/mol. The van der Waals surface area contributed by atoms with E-state index >= 15 is 0 Å². The number of carbonyl (C=O) groups is 1. The van der Waals surface area contributed by atoms with Crippen molar-refractivity contribution in [1.29, 1.82) is 0 Å². The highest BCUT2D eigenvalue weighted by Crippen LogP contribution is 2.28. The number of thiophene rings is 1. The lowest BCUT2D eigenvalue weighted by molar-refractivity contribution is 0.103. The van der Waals surface area contributed by atoms with E-state index in [0.717, 1.165) is 9.35 Å². The SMILES string of the molecule is COc1cc(NC(=O)c2cc(C)c(Br)s2)ccc1F. The van der Waals surface area contributed by atoms with Crippen LogP contribution in [0.15, 0.2) is 28.1 Å². The van der Waals surface area contributed by atoms with E-state index < -0.39 is 5.82 Å². The molecule has 0 bridgehead atoms. The van der Waals surface area contributed by atoms with Crippen LogP contribution in [0.25, 0.3) is 0 Å². The first kappa shape index (κ1) is 14.0. The summed E-state index contributed by atoms with van der Waals surface area (Å²) in [5.41, 5.74) is 1.50. The standard InChI is InChI=1S/C13H11BrFNO2S/c1-7-5-11(19-12(7)14)13(17)16-8-3-4-9(15)10(6-8)18-2/h3-6H,1-2H3,(H,16,17). The minimum atomic E-state index is -0.463. The normalized spacial score (nSPS) is 10.3. The third-order valence-corrected chi connectivity index (χ3v) is 4.63. The van der Waals surface area contributed by atoms with E-state index in [0.29, 0.717) is 10.6 Å². The van der Waals surface area contributed by atoms with E-state index in [1.54, 1.807) is 6.07 Å². The number of hydrogen-bond donors (Lipinski definition) is 1. The minimum Gasteiger partial charge on any atom is -0.494 e. The van der Waals surface area contributed by atoms with Gasteiger partial charge in [0.15, 0.2) is 11.6 Å². The maximum absolute atomic E-state index is 13.2. The summed E-state index contributed by atoms with van der Waals surface area (Å²) in [5.74, 6) is -0.594. The van der Waals surface area contributed by atoms with Crippen molar-refractivity contribution in [2.45, 2.75) is 6.92 Å². The van der Waals surface area contributed by atoms with Crippen molar-refractivity contribution >= 4 is 38.9 Å². The van der Waals surface area contributed by atoms with Crippen molar-refractivity contribution in [3.8, 4) is 5.75 Å². The van der Waals surface area contributed by atoms with Gasteiger partial charge in [-0.3, -0.25) is 4.79 Å². The molecule has 0 saturated carbocycles. The second-order valence-electron chi connectivity index (χ2n) is 3.87. The monoisotopic (exact) mass is 343 g/mol. The van der Waals surface area contributed by atoms with Crippen molar-refractivity contribution < 1.29 is 13.9 Å². The highest BCUT2D eigenvalue weighted by atomic mass is 79.9. The van der Waals surface area contributed by atoms with E-state index in [9.17, 15) is 9.18 Å². The minimum absolute atomic E-state index is 0.0985. The molecule has 0 unspecified atom stereocenters. The summed E-state index contributed by atoms with van der Waals surface area (Å²) in [7, 11) is 1.38. The van der Waals surface area contributed by atoms with Crippen molar-refractivity contribution in [3.05, 3.63) is 44.3 Å². The summed E-state index contributed by atoms with van der Waals surface area (Å²) in [4.78, 5) is 12.6. The second kappa shape index (κ2) is 5.71. The molecule has 0 radical (unpaired) electrons. The fourth-order valence-electron chi connectivity index (χ4n) is 1.50. The van der Waals surface area contributed by atoms with E-state index in [4.69, 9.17) is 4.74 Å². The first-order chi connectivity index (χ1) is 9.01. The Labute approximate surface area is 122 Å². The summed E-state index contributed by atoms with van der Waals surface area (Å²) >= 11 is 4.73. The van der Waals surface area contributed by atoms with Crippen LogP contribution in [-0.4, -0.2) is 13.0 Å². The Morgan fingerprint density at radius 1 is 1.42 bits per heavy atom. The van der Waals surface area contributed by atoms with Gasteiger partial charge >= 0.3 is 0 Å². The molecular formula is C13H11BrFNO2S. The van der Waals surface area contributed by atoms with Crippen LogP contribution in [0.4, 0.5) is 10.1 Å². The Hall–Kier alpha value is -1.40. The third-order valence-electron chi connectivity index (χ3n) is 2.49. The zero-order chi connectivity index (χ0) is 14.0. The fourth-order valence-corrected chi connectivity index (χ4v) is 2.93. The molecule has 1 amide bonds. The average Bonchev–Trinajstić information content (AvgIpc) is 2.72. The lowest BCUT2D eigenvalue weighted by Crippen LogP contribution is -2.10. The van der Waals surface area contributed by atoms with Gasteiger partial charge in [0, 0.05) is 11.8 Å². The number of amides is 1. The maximum atomic E-state index is 13.2. The molecule has 2 rings (SSSR count). The average molecular weight is 344 g/mol. The highest BCUT2D eigenvalue weighted by molar-refractivity contribution is 9.11. The third kappa shape index (κ3) is 3.13. The van der Waals surface area contributed by atoms with Crippen LogP contribution in [0, 0.1) is 12.7 Å². The number of carbonyl (C=O) groups excluding carboxylic acids is 1. The predicted octanol–water partition coefficient (Wildman–Crippen LogP) is 4.22. The van der Waals surface area contributed by atoms with Crippen LogP contribution in [0.3, 0.4) is 0 Å². The summed E-state index contributed by atoms with van der Waals surface area (Å²) in [6.45, 7) is 1.91. The second-order valence-corrected chi connectivity index (χ2v) is 6.24. The number of benzene rings is 1. The molecule has 0 spiro atoms. The van der Waals surface area contributed by atoms with Crippen LogP contribution >= 0.6 is 27.3 Å². The number of ether oxygens (including phenoxy) is 1. The first-order valence-electron chi connectivity index (χ1n) is 5.42. The van der Waals surface area contributed by atoms with Gasteiger partial charge in [0.2, 0.25) is 0 Å². The zero-order valence-corrected chi connectivity index (χ0v) is 12.7. The molecule has 1 heterocycles. The Balaban J connectivity index is 2.19. The lowest BCUT2D eigenvalue weighted by atomic mass is 10.2.